The first-order valence-corrected chi connectivity index (χ1v) is 8.01. The summed E-state index contributed by atoms with van der Waals surface area (Å²) in [6.45, 7) is 1.27. The Morgan fingerprint density at radius 3 is 2.81 bits per heavy atom. The maximum Gasteiger partial charge on any atom is 0.251 e. The molecule has 0 saturated heterocycles. The second kappa shape index (κ2) is 8.46. The van der Waals surface area contributed by atoms with E-state index in [1.165, 1.54) is 0 Å². The molecule has 1 N–H and O–H groups in total. The zero-order valence-corrected chi connectivity index (χ0v) is 13.8. The number of hydrogen-bond donors (Lipinski definition) is 1. The van der Waals surface area contributed by atoms with Gasteiger partial charge in [-0.15, -0.1) is 0 Å². The van der Waals surface area contributed by atoms with Crippen LogP contribution in [0.15, 0.2) is 22.9 Å². The third kappa shape index (κ3) is 5.37. The largest absolute Gasteiger partial charge is 0.382 e. The summed E-state index contributed by atoms with van der Waals surface area (Å²) in [6, 6.07) is 3.68. The van der Waals surface area contributed by atoms with Crippen LogP contribution in [0.25, 0.3) is 0 Å². The summed E-state index contributed by atoms with van der Waals surface area (Å²) in [5.74, 6) is -0.0400. The third-order valence-electron chi connectivity index (χ3n) is 3.64. The second-order valence-electron chi connectivity index (χ2n) is 5.18. The van der Waals surface area contributed by atoms with Crippen LogP contribution in [0, 0.1) is 0 Å². The predicted molar refractivity (Wildman–Crippen MR) is 83.3 cm³/mol. The molecule has 0 atom stereocenters. The maximum absolute atomic E-state index is 12.2. The van der Waals surface area contributed by atoms with E-state index in [2.05, 4.69) is 26.2 Å². The van der Waals surface area contributed by atoms with Crippen LogP contribution in [-0.2, 0) is 9.47 Å². The van der Waals surface area contributed by atoms with Gasteiger partial charge in [-0.25, -0.2) is 4.98 Å². The quantitative estimate of drug-likeness (QED) is 0.628. The third-order valence-corrected chi connectivity index (χ3v) is 4.07. The number of halogens is 1. The first kappa shape index (κ1) is 16.4. The molecule has 1 heterocycles. The lowest BCUT2D eigenvalue weighted by Crippen LogP contribution is -2.39. The minimum atomic E-state index is -0.0400. The minimum Gasteiger partial charge on any atom is -0.382 e. The fourth-order valence-corrected chi connectivity index (χ4v) is 2.85. The van der Waals surface area contributed by atoms with Gasteiger partial charge in [0.15, 0.2) is 0 Å². The molecule has 0 aliphatic heterocycles. The van der Waals surface area contributed by atoms with Crippen LogP contribution in [0.2, 0.25) is 0 Å². The van der Waals surface area contributed by atoms with E-state index in [-0.39, 0.29) is 11.9 Å². The van der Waals surface area contributed by atoms with Crippen LogP contribution in [0.5, 0.6) is 0 Å². The van der Waals surface area contributed by atoms with Gasteiger partial charge in [-0.05, 0) is 53.7 Å². The molecule has 0 bridgehead atoms. The van der Waals surface area contributed by atoms with Gasteiger partial charge in [0.1, 0.15) is 4.60 Å². The molecule has 1 saturated carbocycles. The average Bonchev–Trinajstić information content (AvgIpc) is 2.49. The first-order valence-electron chi connectivity index (χ1n) is 7.22. The van der Waals surface area contributed by atoms with Gasteiger partial charge in [0, 0.05) is 24.9 Å². The van der Waals surface area contributed by atoms with Crippen molar-refractivity contribution in [1.29, 1.82) is 0 Å². The molecule has 0 spiro atoms. The van der Waals surface area contributed by atoms with E-state index in [0.29, 0.717) is 29.5 Å². The molecule has 1 aromatic heterocycles. The lowest BCUT2D eigenvalue weighted by atomic mass is 9.92. The molecule has 1 aliphatic carbocycles. The number of amides is 1. The molecular formula is C15H21BrN2O3. The average molecular weight is 357 g/mol. The molecule has 0 aromatic carbocycles. The van der Waals surface area contributed by atoms with Gasteiger partial charge < -0.3 is 14.8 Å². The molecule has 1 fully saturated rings. The lowest BCUT2D eigenvalue weighted by molar-refractivity contribution is -0.00408. The number of nitrogens with zero attached hydrogens (tertiary/aromatic N) is 1. The summed E-state index contributed by atoms with van der Waals surface area (Å²) in [5, 5.41) is 3.08. The molecule has 21 heavy (non-hydrogen) atoms. The van der Waals surface area contributed by atoms with Crippen molar-refractivity contribution >= 4 is 21.8 Å². The van der Waals surface area contributed by atoms with Crippen molar-refractivity contribution in [1.82, 2.24) is 10.3 Å². The van der Waals surface area contributed by atoms with Gasteiger partial charge in [0.05, 0.1) is 19.3 Å². The highest BCUT2D eigenvalue weighted by Crippen LogP contribution is 2.21. The van der Waals surface area contributed by atoms with Crippen molar-refractivity contribution < 1.29 is 14.3 Å². The van der Waals surface area contributed by atoms with Crippen molar-refractivity contribution in [2.24, 2.45) is 0 Å². The minimum absolute atomic E-state index is 0.0400. The second-order valence-corrected chi connectivity index (χ2v) is 5.99. The van der Waals surface area contributed by atoms with E-state index in [1.807, 2.05) is 0 Å². The van der Waals surface area contributed by atoms with E-state index in [4.69, 9.17) is 9.47 Å². The Labute approximate surface area is 133 Å². The van der Waals surface area contributed by atoms with E-state index < -0.39 is 0 Å². The molecule has 0 radical (unpaired) electrons. The normalized spacial score (nSPS) is 22.0. The van der Waals surface area contributed by atoms with Crippen LogP contribution in [0.3, 0.4) is 0 Å². The molecule has 0 unspecified atom stereocenters. The number of aromatic nitrogens is 1. The predicted octanol–water partition coefficient (Wildman–Crippen LogP) is 2.55. The summed E-state index contributed by atoms with van der Waals surface area (Å²) in [7, 11) is 1.67. The summed E-state index contributed by atoms with van der Waals surface area (Å²) < 4.78 is 11.4. The molecular weight excluding hydrogens is 336 g/mol. The highest BCUT2D eigenvalue weighted by atomic mass is 79.9. The zero-order valence-electron chi connectivity index (χ0n) is 12.2. The van der Waals surface area contributed by atoms with Gasteiger partial charge in [0.25, 0.3) is 5.91 Å². The SMILES string of the molecule is COCCO[C@H]1CC[C@H](NC(=O)c2ccnc(Br)c2)CC1. The van der Waals surface area contributed by atoms with E-state index in [1.54, 1.807) is 25.4 Å². The topological polar surface area (TPSA) is 60.5 Å². The lowest BCUT2D eigenvalue weighted by Gasteiger charge is -2.29. The maximum atomic E-state index is 12.2. The van der Waals surface area contributed by atoms with Crippen LogP contribution in [0.4, 0.5) is 0 Å². The fourth-order valence-electron chi connectivity index (χ4n) is 2.48. The highest BCUT2D eigenvalue weighted by molar-refractivity contribution is 9.10. The van der Waals surface area contributed by atoms with E-state index >= 15 is 0 Å². The Hall–Kier alpha value is -0.980. The number of rotatable bonds is 6. The molecule has 116 valence electrons. The van der Waals surface area contributed by atoms with Gasteiger partial charge >= 0.3 is 0 Å². The van der Waals surface area contributed by atoms with Crippen molar-refractivity contribution in [3.63, 3.8) is 0 Å². The molecule has 1 aliphatic rings. The van der Waals surface area contributed by atoms with Crippen LogP contribution in [0.1, 0.15) is 36.0 Å². The molecule has 1 aromatic rings. The number of pyridine rings is 1. The van der Waals surface area contributed by atoms with Gasteiger partial charge in [-0.2, -0.15) is 0 Å². The summed E-state index contributed by atoms with van der Waals surface area (Å²) in [6.07, 6.45) is 5.79. The molecule has 6 heteroatoms. The Morgan fingerprint density at radius 2 is 2.14 bits per heavy atom. The zero-order chi connectivity index (χ0) is 15.1. The van der Waals surface area contributed by atoms with Crippen LogP contribution < -0.4 is 5.32 Å². The smallest absolute Gasteiger partial charge is 0.251 e. The number of hydrogen-bond acceptors (Lipinski definition) is 4. The van der Waals surface area contributed by atoms with E-state index in [9.17, 15) is 4.79 Å². The summed E-state index contributed by atoms with van der Waals surface area (Å²) >= 11 is 3.28. The van der Waals surface area contributed by atoms with Crippen molar-refractivity contribution in [2.75, 3.05) is 20.3 Å². The van der Waals surface area contributed by atoms with E-state index in [0.717, 1.165) is 25.7 Å². The summed E-state index contributed by atoms with van der Waals surface area (Å²) in [4.78, 5) is 16.2. The standard InChI is InChI=1S/C15H21BrN2O3/c1-20-8-9-21-13-4-2-12(3-5-13)18-15(19)11-6-7-17-14(16)10-11/h6-7,10,12-13H,2-5,8-9H2,1H3,(H,18,19)/t12-,13-. The van der Waals surface area contributed by atoms with Crippen molar-refractivity contribution in [2.45, 2.75) is 37.8 Å². The number of methoxy groups -OCH3 is 1. The number of carbonyl (C=O) groups excluding carboxylic acids is 1. The Morgan fingerprint density at radius 1 is 1.38 bits per heavy atom. The molecule has 5 nitrogen and oxygen atoms in total. The Kier molecular flexibility index (Phi) is 6.60. The van der Waals surface area contributed by atoms with Gasteiger partial charge in [-0.3, -0.25) is 4.79 Å². The molecule has 1 amide bonds. The van der Waals surface area contributed by atoms with Crippen molar-refractivity contribution in [3.05, 3.63) is 28.5 Å². The van der Waals surface area contributed by atoms with Crippen molar-refractivity contribution in [3.8, 4) is 0 Å². The first-order chi connectivity index (χ1) is 10.2. The number of nitrogens with one attached hydrogen (secondary N) is 1. The van der Waals surface area contributed by atoms with Crippen LogP contribution >= 0.6 is 15.9 Å². The number of ether oxygens (including phenoxy) is 2. The van der Waals surface area contributed by atoms with Crippen LogP contribution in [-0.4, -0.2) is 43.4 Å². The number of carbonyl (C=O) groups is 1. The fraction of sp³-hybridized carbons (Fsp3) is 0.600. The van der Waals surface area contributed by atoms with Gasteiger partial charge in [-0.1, -0.05) is 0 Å². The summed E-state index contributed by atoms with van der Waals surface area (Å²) in [5.41, 5.74) is 0.635. The highest BCUT2D eigenvalue weighted by Gasteiger charge is 2.23. The Balaban J connectivity index is 1.74. The Bertz CT molecular complexity index is 462. The molecule has 2 rings (SSSR count). The van der Waals surface area contributed by atoms with Gasteiger partial charge in [0.2, 0.25) is 0 Å². The monoisotopic (exact) mass is 356 g/mol.